The van der Waals surface area contributed by atoms with E-state index in [1.54, 1.807) is 0 Å². The lowest BCUT2D eigenvalue weighted by Crippen LogP contribution is -2.34. The number of hydrogen-bond acceptors (Lipinski definition) is 2. The van der Waals surface area contributed by atoms with Gasteiger partial charge >= 0.3 is 0 Å². The fraction of sp³-hybridized carbons (Fsp3) is 0.250. The standard InChI is InChI=1S/C16H17BrN2OS/c1-10(2)9-15(20)19-16(21)18-14-8-7-13(17)11-5-3-4-6-12(11)14/h3-8,10H,9H2,1-2H3,(H2,18,19,20,21). The van der Waals surface area contributed by atoms with E-state index < -0.39 is 0 Å². The zero-order chi connectivity index (χ0) is 15.4. The molecule has 0 aliphatic heterocycles. The van der Waals surface area contributed by atoms with E-state index in [-0.39, 0.29) is 5.91 Å². The molecule has 0 spiro atoms. The minimum Gasteiger partial charge on any atom is -0.332 e. The highest BCUT2D eigenvalue weighted by atomic mass is 79.9. The molecule has 0 saturated heterocycles. The number of anilines is 1. The molecule has 0 saturated carbocycles. The highest BCUT2D eigenvalue weighted by Gasteiger charge is 2.09. The molecule has 2 aromatic carbocycles. The van der Waals surface area contributed by atoms with Crippen molar-refractivity contribution in [1.82, 2.24) is 5.32 Å². The Morgan fingerprint density at radius 2 is 1.86 bits per heavy atom. The Hall–Kier alpha value is -1.46. The lowest BCUT2D eigenvalue weighted by molar-refractivity contribution is -0.120. The summed E-state index contributed by atoms with van der Waals surface area (Å²) in [5, 5.41) is 8.28. The van der Waals surface area contributed by atoms with Crippen molar-refractivity contribution in [2.45, 2.75) is 20.3 Å². The van der Waals surface area contributed by atoms with Crippen LogP contribution in [0.5, 0.6) is 0 Å². The van der Waals surface area contributed by atoms with E-state index in [4.69, 9.17) is 12.2 Å². The molecular weight excluding hydrogens is 348 g/mol. The minimum absolute atomic E-state index is 0.0658. The molecule has 0 atom stereocenters. The summed E-state index contributed by atoms with van der Waals surface area (Å²) in [6.45, 7) is 4.00. The number of amides is 1. The Kier molecular flexibility index (Phi) is 5.31. The van der Waals surface area contributed by atoms with Crippen LogP contribution in [0.25, 0.3) is 10.8 Å². The van der Waals surface area contributed by atoms with E-state index in [1.165, 1.54) is 0 Å². The van der Waals surface area contributed by atoms with Crippen LogP contribution < -0.4 is 10.6 Å². The third-order valence-electron chi connectivity index (χ3n) is 2.97. The molecule has 2 rings (SSSR count). The van der Waals surface area contributed by atoms with E-state index in [0.29, 0.717) is 17.5 Å². The maximum atomic E-state index is 11.7. The van der Waals surface area contributed by atoms with Crippen LogP contribution in [0.3, 0.4) is 0 Å². The summed E-state index contributed by atoms with van der Waals surface area (Å²) in [5.41, 5.74) is 0.878. The molecule has 5 heteroatoms. The van der Waals surface area contributed by atoms with Gasteiger partial charge in [0, 0.05) is 22.0 Å². The second-order valence-electron chi connectivity index (χ2n) is 5.24. The third kappa shape index (κ3) is 4.25. The molecular formula is C16H17BrN2OS. The number of halogens is 1. The number of hydrogen-bond donors (Lipinski definition) is 2. The van der Waals surface area contributed by atoms with Gasteiger partial charge in [0.15, 0.2) is 5.11 Å². The number of rotatable bonds is 3. The molecule has 0 radical (unpaired) electrons. The van der Waals surface area contributed by atoms with Gasteiger partial charge in [-0.05, 0) is 35.7 Å². The number of thiocarbonyl (C=S) groups is 1. The molecule has 0 heterocycles. The summed E-state index contributed by atoms with van der Waals surface area (Å²) < 4.78 is 1.03. The molecule has 2 aromatic rings. The largest absolute Gasteiger partial charge is 0.332 e. The second kappa shape index (κ2) is 7.00. The first-order valence-corrected chi connectivity index (χ1v) is 7.95. The van der Waals surface area contributed by atoms with E-state index in [0.717, 1.165) is 20.9 Å². The Morgan fingerprint density at radius 3 is 2.52 bits per heavy atom. The van der Waals surface area contributed by atoms with Gasteiger partial charge in [0.2, 0.25) is 5.91 Å². The topological polar surface area (TPSA) is 41.1 Å². The van der Waals surface area contributed by atoms with Gasteiger partial charge in [-0.1, -0.05) is 54.0 Å². The third-order valence-corrected chi connectivity index (χ3v) is 3.86. The van der Waals surface area contributed by atoms with E-state index in [2.05, 4.69) is 26.6 Å². The molecule has 0 bridgehead atoms. The van der Waals surface area contributed by atoms with Gasteiger partial charge in [-0.15, -0.1) is 0 Å². The van der Waals surface area contributed by atoms with Gasteiger partial charge < -0.3 is 10.6 Å². The van der Waals surface area contributed by atoms with Crippen molar-refractivity contribution in [1.29, 1.82) is 0 Å². The van der Waals surface area contributed by atoms with Crippen LogP contribution in [0.15, 0.2) is 40.9 Å². The van der Waals surface area contributed by atoms with Crippen LogP contribution >= 0.6 is 28.1 Å². The number of fused-ring (bicyclic) bond motifs is 1. The second-order valence-corrected chi connectivity index (χ2v) is 6.50. The Labute approximate surface area is 138 Å². The zero-order valence-electron chi connectivity index (χ0n) is 11.9. The molecule has 2 N–H and O–H groups in total. The predicted octanol–water partition coefficient (Wildman–Crippen LogP) is 4.46. The SMILES string of the molecule is CC(C)CC(=O)NC(=S)Nc1ccc(Br)c2ccccc12. The molecule has 110 valence electrons. The average Bonchev–Trinajstić information content (AvgIpc) is 2.41. The summed E-state index contributed by atoms with van der Waals surface area (Å²) in [5.74, 6) is 0.241. The molecule has 0 aromatic heterocycles. The van der Waals surface area contributed by atoms with E-state index in [1.807, 2.05) is 50.2 Å². The number of nitrogens with one attached hydrogen (secondary N) is 2. The Morgan fingerprint density at radius 1 is 1.19 bits per heavy atom. The van der Waals surface area contributed by atoms with Gasteiger partial charge in [-0.3, -0.25) is 4.79 Å². The van der Waals surface area contributed by atoms with Crippen molar-refractivity contribution < 1.29 is 4.79 Å². The normalized spacial score (nSPS) is 10.7. The number of carbonyl (C=O) groups excluding carboxylic acids is 1. The lowest BCUT2D eigenvalue weighted by atomic mass is 10.1. The van der Waals surface area contributed by atoms with Crippen molar-refractivity contribution in [3.63, 3.8) is 0 Å². The molecule has 0 aliphatic rings. The fourth-order valence-electron chi connectivity index (χ4n) is 2.07. The van der Waals surface area contributed by atoms with Gasteiger partial charge in [0.25, 0.3) is 0 Å². The minimum atomic E-state index is -0.0658. The summed E-state index contributed by atoms with van der Waals surface area (Å²) in [6.07, 6.45) is 0.461. The number of benzene rings is 2. The quantitative estimate of drug-likeness (QED) is 0.789. The smallest absolute Gasteiger partial charge is 0.226 e. The molecule has 21 heavy (non-hydrogen) atoms. The highest BCUT2D eigenvalue weighted by molar-refractivity contribution is 9.10. The first-order chi connectivity index (χ1) is 9.97. The van der Waals surface area contributed by atoms with Crippen molar-refractivity contribution in [2.24, 2.45) is 5.92 Å². The first kappa shape index (κ1) is 15.9. The van der Waals surface area contributed by atoms with Crippen molar-refractivity contribution >= 4 is 55.6 Å². The van der Waals surface area contributed by atoms with Crippen LogP contribution in [-0.2, 0) is 4.79 Å². The lowest BCUT2D eigenvalue weighted by Gasteiger charge is -2.13. The van der Waals surface area contributed by atoms with Crippen molar-refractivity contribution in [3.8, 4) is 0 Å². The average molecular weight is 365 g/mol. The molecule has 1 amide bonds. The van der Waals surface area contributed by atoms with E-state index in [9.17, 15) is 4.79 Å². The fourth-order valence-corrected chi connectivity index (χ4v) is 2.78. The first-order valence-electron chi connectivity index (χ1n) is 6.75. The maximum absolute atomic E-state index is 11.7. The predicted molar refractivity (Wildman–Crippen MR) is 95.5 cm³/mol. The van der Waals surface area contributed by atoms with Crippen molar-refractivity contribution in [2.75, 3.05) is 5.32 Å². The van der Waals surface area contributed by atoms with Gasteiger partial charge in [-0.25, -0.2) is 0 Å². The summed E-state index contributed by atoms with van der Waals surface area (Å²) in [6, 6.07) is 11.9. The van der Waals surface area contributed by atoms with Crippen molar-refractivity contribution in [3.05, 3.63) is 40.9 Å². The van der Waals surface area contributed by atoms with Crippen LogP contribution in [0.1, 0.15) is 20.3 Å². The molecule has 0 fully saturated rings. The molecule has 3 nitrogen and oxygen atoms in total. The number of carbonyl (C=O) groups is 1. The van der Waals surface area contributed by atoms with Crippen LogP contribution in [-0.4, -0.2) is 11.0 Å². The Balaban J connectivity index is 2.15. The maximum Gasteiger partial charge on any atom is 0.226 e. The zero-order valence-corrected chi connectivity index (χ0v) is 14.3. The van der Waals surface area contributed by atoms with Crippen LogP contribution in [0.2, 0.25) is 0 Å². The monoisotopic (exact) mass is 364 g/mol. The van der Waals surface area contributed by atoms with Gasteiger partial charge in [-0.2, -0.15) is 0 Å². The summed E-state index contributed by atoms with van der Waals surface area (Å²) >= 11 is 8.74. The van der Waals surface area contributed by atoms with Gasteiger partial charge in [0.1, 0.15) is 0 Å². The summed E-state index contributed by atoms with van der Waals surface area (Å²) in [7, 11) is 0. The Bertz CT molecular complexity index is 685. The molecule has 0 unspecified atom stereocenters. The summed E-state index contributed by atoms with van der Waals surface area (Å²) in [4.78, 5) is 11.7. The highest BCUT2D eigenvalue weighted by Crippen LogP contribution is 2.29. The van der Waals surface area contributed by atoms with Crippen LogP contribution in [0.4, 0.5) is 5.69 Å². The van der Waals surface area contributed by atoms with Gasteiger partial charge in [0.05, 0.1) is 0 Å². The van der Waals surface area contributed by atoms with Crippen LogP contribution in [0, 0.1) is 5.92 Å². The van der Waals surface area contributed by atoms with E-state index >= 15 is 0 Å². The molecule has 0 aliphatic carbocycles.